The SMILES string of the molecule is Cc1nn(C)c(C(=O)N2CC(C)OC(CO)C2)c1N. The number of hydrogen-bond donors (Lipinski definition) is 2. The van der Waals surface area contributed by atoms with Gasteiger partial charge in [0.2, 0.25) is 0 Å². The maximum absolute atomic E-state index is 12.5. The van der Waals surface area contributed by atoms with Crippen LogP contribution < -0.4 is 5.73 Å². The second-order valence-electron chi connectivity index (χ2n) is 4.93. The Morgan fingerprint density at radius 2 is 2.26 bits per heavy atom. The van der Waals surface area contributed by atoms with Crippen molar-refractivity contribution in [3.05, 3.63) is 11.4 Å². The Morgan fingerprint density at radius 1 is 1.58 bits per heavy atom. The summed E-state index contributed by atoms with van der Waals surface area (Å²) in [6, 6.07) is 0. The predicted molar refractivity (Wildman–Crippen MR) is 69.7 cm³/mol. The van der Waals surface area contributed by atoms with Gasteiger partial charge in [0.1, 0.15) is 5.69 Å². The number of aliphatic hydroxyl groups is 1. The number of anilines is 1. The number of aromatic nitrogens is 2. The van der Waals surface area contributed by atoms with E-state index < -0.39 is 0 Å². The summed E-state index contributed by atoms with van der Waals surface area (Å²) in [6.45, 7) is 4.39. The Hall–Kier alpha value is -1.60. The maximum Gasteiger partial charge on any atom is 0.274 e. The van der Waals surface area contributed by atoms with Crippen LogP contribution in [0.4, 0.5) is 5.69 Å². The van der Waals surface area contributed by atoms with Crippen molar-refractivity contribution in [3.63, 3.8) is 0 Å². The lowest BCUT2D eigenvalue weighted by molar-refractivity contribution is -0.0860. The first-order chi connectivity index (χ1) is 8.93. The predicted octanol–water partition coefficient (Wildman–Crippen LogP) is -0.467. The molecule has 1 fully saturated rings. The van der Waals surface area contributed by atoms with Gasteiger partial charge in [0.05, 0.1) is 30.2 Å². The van der Waals surface area contributed by atoms with Crippen LogP contribution in [0, 0.1) is 6.92 Å². The van der Waals surface area contributed by atoms with Crippen LogP contribution in [-0.4, -0.2) is 57.6 Å². The topological polar surface area (TPSA) is 93.6 Å². The van der Waals surface area contributed by atoms with Crippen molar-refractivity contribution in [1.82, 2.24) is 14.7 Å². The van der Waals surface area contributed by atoms with Gasteiger partial charge >= 0.3 is 0 Å². The Morgan fingerprint density at radius 3 is 2.79 bits per heavy atom. The standard InChI is InChI=1S/C12H20N4O3/c1-7-4-16(5-9(6-17)19-7)12(18)11-10(13)8(2)14-15(11)3/h7,9,17H,4-6,13H2,1-3H3. The number of nitrogens with two attached hydrogens (primary N) is 1. The molecule has 19 heavy (non-hydrogen) atoms. The average molecular weight is 268 g/mol. The van der Waals surface area contributed by atoms with Gasteiger partial charge in [-0.3, -0.25) is 9.48 Å². The number of nitrogens with zero attached hydrogens (tertiary/aromatic N) is 3. The highest BCUT2D eigenvalue weighted by atomic mass is 16.5. The van der Waals surface area contributed by atoms with E-state index in [9.17, 15) is 9.90 Å². The molecule has 3 N–H and O–H groups in total. The molecule has 2 unspecified atom stereocenters. The maximum atomic E-state index is 12.5. The number of rotatable bonds is 2. The number of aryl methyl sites for hydroxylation is 2. The van der Waals surface area contributed by atoms with Gasteiger partial charge in [-0.2, -0.15) is 5.10 Å². The molecule has 0 radical (unpaired) electrons. The Kier molecular flexibility index (Phi) is 3.77. The fourth-order valence-electron chi connectivity index (χ4n) is 2.39. The van der Waals surface area contributed by atoms with Crippen molar-refractivity contribution in [2.75, 3.05) is 25.4 Å². The fourth-order valence-corrected chi connectivity index (χ4v) is 2.39. The first-order valence-corrected chi connectivity index (χ1v) is 6.28. The second kappa shape index (κ2) is 5.18. The molecule has 0 bridgehead atoms. The molecule has 1 aliphatic heterocycles. The summed E-state index contributed by atoms with van der Waals surface area (Å²) in [6.07, 6.45) is -0.450. The lowest BCUT2D eigenvalue weighted by Gasteiger charge is -2.36. The Bertz CT molecular complexity index is 486. The van der Waals surface area contributed by atoms with Crippen molar-refractivity contribution >= 4 is 11.6 Å². The minimum Gasteiger partial charge on any atom is -0.395 e. The summed E-state index contributed by atoms with van der Waals surface area (Å²) in [4.78, 5) is 14.2. The van der Waals surface area contributed by atoms with Crippen LogP contribution >= 0.6 is 0 Å². The van der Waals surface area contributed by atoms with Crippen molar-refractivity contribution < 1.29 is 14.6 Å². The van der Waals surface area contributed by atoms with E-state index in [2.05, 4.69) is 5.10 Å². The molecule has 1 amide bonds. The zero-order chi connectivity index (χ0) is 14.2. The minimum atomic E-state index is -0.344. The van der Waals surface area contributed by atoms with Crippen LogP contribution in [0.1, 0.15) is 23.1 Å². The molecule has 1 aliphatic rings. The molecule has 0 saturated carbocycles. The van der Waals surface area contributed by atoms with Crippen LogP contribution in [-0.2, 0) is 11.8 Å². The molecule has 0 aliphatic carbocycles. The smallest absolute Gasteiger partial charge is 0.274 e. The molecule has 2 atom stereocenters. The van der Waals surface area contributed by atoms with Gasteiger partial charge in [-0.1, -0.05) is 0 Å². The molecule has 1 saturated heterocycles. The number of amides is 1. The van der Waals surface area contributed by atoms with Gasteiger partial charge in [-0.05, 0) is 13.8 Å². The number of nitrogen functional groups attached to an aromatic ring is 1. The van der Waals surface area contributed by atoms with Crippen molar-refractivity contribution in [3.8, 4) is 0 Å². The van der Waals surface area contributed by atoms with Crippen LogP contribution in [0.3, 0.4) is 0 Å². The average Bonchev–Trinajstić information content (AvgIpc) is 2.61. The van der Waals surface area contributed by atoms with Gasteiger partial charge in [-0.15, -0.1) is 0 Å². The van der Waals surface area contributed by atoms with E-state index in [-0.39, 0.29) is 24.7 Å². The van der Waals surface area contributed by atoms with E-state index >= 15 is 0 Å². The second-order valence-corrected chi connectivity index (χ2v) is 4.93. The van der Waals surface area contributed by atoms with Gasteiger partial charge in [0, 0.05) is 20.1 Å². The third kappa shape index (κ3) is 2.57. The molecule has 1 aromatic heterocycles. The molecule has 2 rings (SSSR count). The lowest BCUT2D eigenvalue weighted by atomic mass is 10.2. The summed E-state index contributed by atoms with van der Waals surface area (Å²) in [7, 11) is 1.70. The van der Waals surface area contributed by atoms with Crippen LogP contribution in [0.2, 0.25) is 0 Å². The molecule has 7 heteroatoms. The molecule has 1 aromatic rings. The summed E-state index contributed by atoms with van der Waals surface area (Å²) in [5.74, 6) is -0.172. The van der Waals surface area contributed by atoms with Crippen LogP contribution in [0.15, 0.2) is 0 Å². The number of aliphatic hydroxyl groups excluding tert-OH is 1. The molecular weight excluding hydrogens is 248 g/mol. The van der Waals surface area contributed by atoms with E-state index in [1.165, 1.54) is 4.68 Å². The van der Waals surface area contributed by atoms with E-state index in [1.807, 2.05) is 6.92 Å². The van der Waals surface area contributed by atoms with E-state index in [0.29, 0.717) is 30.2 Å². The van der Waals surface area contributed by atoms with Crippen molar-refractivity contribution in [2.24, 2.45) is 7.05 Å². The fraction of sp³-hybridized carbons (Fsp3) is 0.667. The third-order valence-electron chi connectivity index (χ3n) is 3.29. The Labute approximate surface area is 111 Å². The highest BCUT2D eigenvalue weighted by Gasteiger charge is 2.31. The zero-order valence-corrected chi connectivity index (χ0v) is 11.5. The molecule has 0 spiro atoms. The molecule has 0 aromatic carbocycles. The van der Waals surface area contributed by atoms with Gasteiger partial charge in [0.25, 0.3) is 5.91 Å². The lowest BCUT2D eigenvalue weighted by Crippen LogP contribution is -2.50. The number of carbonyl (C=O) groups excluding carboxylic acids is 1. The molecule has 106 valence electrons. The van der Waals surface area contributed by atoms with Crippen molar-refractivity contribution in [2.45, 2.75) is 26.1 Å². The molecule has 2 heterocycles. The van der Waals surface area contributed by atoms with Gasteiger partial charge in [0.15, 0.2) is 0 Å². The first-order valence-electron chi connectivity index (χ1n) is 6.28. The highest BCUT2D eigenvalue weighted by Crippen LogP contribution is 2.20. The van der Waals surface area contributed by atoms with E-state index in [0.717, 1.165) is 0 Å². The highest BCUT2D eigenvalue weighted by molar-refractivity contribution is 5.98. The third-order valence-corrected chi connectivity index (χ3v) is 3.29. The number of morpholine rings is 1. The normalized spacial score (nSPS) is 23.7. The van der Waals surface area contributed by atoms with Crippen LogP contribution in [0.5, 0.6) is 0 Å². The van der Waals surface area contributed by atoms with Gasteiger partial charge in [-0.25, -0.2) is 0 Å². The van der Waals surface area contributed by atoms with E-state index in [1.54, 1.807) is 18.9 Å². The quantitative estimate of drug-likeness (QED) is 0.756. The van der Waals surface area contributed by atoms with Crippen LogP contribution in [0.25, 0.3) is 0 Å². The van der Waals surface area contributed by atoms with E-state index in [4.69, 9.17) is 10.5 Å². The first kappa shape index (κ1) is 13.8. The summed E-state index contributed by atoms with van der Waals surface area (Å²) in [5, 5.41) is 13.3. The van der Waals surface area contributed by atoms with Gasteiger partial charge < -0.3 is 20.5 Å². The summed E-state index contributed by atoms with van der Waals surface area (Å²) < 4.78 is 7.02. The largest absolute Gasteiger partial charge is 0.395 e. The summed E-state index contributed by atoms with van der Waals surface area (Å²) in [5.41, 5.74) is 7.35. The molecular formula is C12H20N4O3. The zero-order valence-electron chi connectivity index (χ0n) is 11.5. The number of carbonyl (C=O) groups is 1. The Balaban J connectivity index is 2.23. The number of hydrogen-bond acceptors (Lipinski definition) is 5. The minimum absolute atomic E-state index is 0.103. The monoisotopic (exact) mass is 268 g/mol. The molecule has 7 nitrogen and oxygen atoms in total. The summed E-state index contributed by atoms with van der Waals surface area (Å²) >= 11 is 0. The van der Waals surface area contributed by atoms with Crippen molar-refractivity contribution in [1.29, 1.82) is 0 Å². The number of ether oxygens (including phenoxy) is 1.